The van der Waals surface area contributed by atoms with Gasteiger partial charge in [-0.15, -0.1) is 0 Å². The summed E-state index contributed by atoms with van der Waals surface area (Å²) in [6.45, 7) is 0. The molecule has 2 fully saturated rings. The third kappa shape index (κ3) is 2.97. The third-order valence-corrected chi connectivity index (χ3v) is 5.78. The molecule has 116 valence electrons. The summed E-state index contributed by atoms with van der Waals surface area (Å²) in [6, 6.07) is 1.90. The lowest BCUT2D eigenvalue weighted by Gasteiger charge is -2.24. The fraction of sp³-hybridized carbons (Fsp3) is 0.643. The highest BCUT2D eigenvalue weighted by atomic mass is 35.7. The van der Waals surface area contributed by atoms with Crippen LogP contribution in [-0.4, -0.2) is 36.9 Å². The van der Waals surface area contributed by atoms with Crippen LogP contribution in [0.25, 0.3) is 0 Å². The van der Waals surface area contributed by atoms with Gasteiger partial charge < -0.3 is 9.47 Å². The first-order chi connectivity index (χ1) is 9.88. The van der Waals surface area contributed by atoms with Crippen molar-refractivity contribution in [1.29, 1.82) is 0 Å². The lowest BCUT2D eigenvalue weighted by molar-refractivity contribution is 0.0724. The highest BCUT2D eigenvalue weighted by Gasteiger charge is 2.33. The van der Waals surface area contributed by atoms with Crippen molar-refractivity contribution in [3.05, 3.63) is 18.0 Å². The molecule has 1 aromatic heterocycles. The summed E-state index contributed by atoms with van der Waals surface area (Å²) >= 11 is 0. The predicted molar refractivity (Wildman–Crippen MR) is 80.1 cm³/mol. The lowest BCUT2D eigenvalue weighted by Crippen LogP contribution is -2.36. The number of halogens is 1. The summed E-state index contributed by atoms with van der Waals surface area (Å²) in [4.78, 5) is 14.5. The molecule has 1 heterocycles. The summed E-state index contributed by atoms with van der Waals surface area (Å²) in [5, 5.41) is 0. The fourth-order valence-electron chi connectivity index (χ4n) is 3.05. The Labute approximate surface area is 129 Å². The number of amides is 1. The number of carbonyl (C=O) groups excluding carboxylic acids is 1. The Hall–Kier alpha value is -1.01. The van der Waals surface area contributed by atoms with Gasteiger partial charge in [0.2, 0.25) is 0 Å². The normalized spacial score (nSPS) is 19.9. The van der Waals surface area contributed by atoms with E-state index in [2.05, 4.69) is 0 Å². The van der Waals surface area contributed by atoms with E-state index in [4.69, 9.17) is 10.7 Å². The van der Waals surface area contributed by atoms with Crippen molar-refractivity contribution >= 4 is 25.6 Å². The van der Waals surface area contributed by atoms with Crippen LogP contribution in [0.4, 0.5) is 0 Å². The molecule has 5 nitrogen and oxygen atoms in total. The Morgan fingerprint density at radius 1 is 1.29 bits per heavy atom. The van der Waals surface area contributed by atoms with Crippen molar-refractivity contribution in [3.63, 3.8) is 0 Å². The van der Waals surface area contributed by atoms with Gasteiger partial charge in [-0.25, -0.2) is 8.42 Å². The standard InChI is InChI=1S/C14H19ClN2O3S/c1-16(10-4-2-3-5-10)14(18)13-8-12(21(15,19)20)9-17(13)11-6-7-11/h8-11H,2-7H2,1H3. The van der Waals surface area contributed by atoms with Gasteiger partial charge in [0.25, 0.3) is 15.0 Å². The topological polar surface area (TPSA) is 59.4 Å². The molecule has 0 spiro atoms. The molecule has 2 saturated carbocycles. The molecule has 0 aromatic carbocycles. The SMILES string of the molecule is CN(C(=O)c1cc(S(=O)(=O)Cl)cn1C1CC1)C1CCCC1. The monoisotopic (exact) mass is 330 g/mol. The second-order valence-electron chi connectivity index (χ2n) is 5.99. The van der Waals surface area contributed by atoms with Crippen LogP contribution in [0.15, 0.2) is 17.2 Å². The Morgan fingerprint density at radius 3 is 2.43 bits per heavy atom. The molecule has 3 rings (SSSR count). The zero-order valence-electron chi connectivity index (χ0n) is 12.0. The van der Waals surface area contributed by atoms with Gasteiger partial charge in [0.05, 0.1) is 0 Å². The molecule has 2 aliphatic rings. The molecule has 0 atom stereocenters. The third-order valence-electron chi connectivity index (χ3n) is 4.46. The van der Waals surface area contributed by atoms with Gasteiger partial charge in [0.15, 0.2) is 0 Å². The van der Waals surface area contributed by atoms with Crippen molar-refractivity contribution in [2.45, 2.75) is 55.5 Å². The summed E-state index contributed by atoms with van der Waals surface area (Å²) in [6.07, 6.45) is 7.78. The molecule has 1 amide bonds. The van der Waals surface area contributed by atoms with E-state index in [1.807, 2.05) is 0 Å². The first-order valence-electron chi connectivity index (χ1n) is 7.31. The smallest absolute Gasteiger partial charge is 0.270 e. The van der Waals surface area contributed by atoms with Crippen LogP contribution >= 0.6 is 10.7 Å². The van der Waals surface area contributed by atoms with E-state index in [-0.39, 0.29) is 22.9 Å². The van der Waals surface area contributed by atoms with E-state index in [0.717, 1.165) is 38.5 Å². The van der Waals surface area contributed by atoms with E-state index in [1.54, 1.807) is 16.5 Å². The maximum Gasteiger partial charge on any atom is 0.270 e. The van der Waals surface area contributed by atoms with Crippen molar-refractivity contribution < 1.29 is 13.2 Å². The Kier molecular flexibility index (Phi) is 3.78. The van der Waals surface area contributed by atoms with Gasteiger partial charge in [-0.3, -0.25) is 4.79 Å². The summed E-state index contributed by atoms with van der Waals surface area (Å²) < 4.78 is 24.8. The Bertz CT molecular complexity index is 658. The average molecular weight is 331 g/mol. The zero-order valence-corrected chi connectivity index (χ0v) is 13.5. The molecule has 0 N–H and O–H groups in total. The summed E-state index contributed by atoms with van der Waals surface area (Å²) in [5.41, 5.74) is 0.436. The van der Waals surface area contributed by atoms with Crippen LogP contribution in [-0.2, 0) is 9.05 Å². The number of rotatable bonds is 4. The van der Waals surface area contributed by atoms with E-state index in [0.29, 0.717) is 5.69 Å². The average Bonchev–Trinajstić information content (AvgIpc) is 2.95. The van der Waals surface area contributed by atoms with Gasteiger partial charge in [0, 0.05) is 36.0 Å². The van der Waals surface area contributed by atoms with E-state index in [1.165, 1.54) is 12.3 Å². The second-order valence-corrected chi connectivity index (χ2v) is 8.56. The van der Waals surface area contributed by atoms with E-state index >= 15 is 0 Å². The molecular weight excluding hydrogens is 312 g/mol. The largest absolute Gasteiger partial charge is 0.339 e. The molecular formula is C14H19ClN2O3S. The summed E-state index contributed by atoms with van der Waals surface area (Å²) in [5.74, 6) is -0.111. The van der Waals surface area contributed by atoms with E-state index in [9.17, 15) is 13.2 Å². The van der Waals surface area contributed by atoms with Crippen molar-refractivity contribution in [2.75, 3.05) is 7.05 Å². The maximum atomic E-state index is 12.7. The number of hydrogen-bond donors (Lipinski definition) is 0. The lowest BCUT2D eigenvalue weighted by atomic mass is 10.2. The molecule has 1 aromatic rings. The van der Waals surface area contributed by atoms with Crippen LogP contribution in [0.2, 0.25) is 0 Å². The molecule has 0 aliphatic heterocycles. The van der Waals surface area contributed by atoms with Crippen LogP contribution in [0, 0.1) is 0 Å². The van der Waals surface area contributed by atoms with Gasteiger partial charge in [-0.1, -0.05) is 12.8 Å². The number of carbonyl (C=O) groups is 1. The summed E-state index contributed by atoms with van der Waals surface area (Å²) in [7, 11) is 3.41. The molecule has 0 bridgehead atoms. The minimum atomic E-state index is -3.81. The minimum absolute atomic E-state index is 0.0132. The molecule has 2 aliphatic carbocycles. The van der Waals surface area contributed by atoms with Crippen molar-refractivity contribution in [3.8, 4) is 0 Å². The first-order valence-corrected chi connectivity index (χ1v) is 9.62. The van der Waals surface area contributed by atoms with Crippen molar-refractivity contribution in [1.82, 2.24) is 9.47 Å². The predicted octanol–water partition coefficient (Wildman–Crippen LogP) is 2.77. The second kappa shape index (κ2) is 5.32. The number of hydrogen-bond acceptors (Lipinski definition) is 3. The Morgan fingerprint density at radius 2 is 1.90 bits per heavy atom. The molecule has 21 heavy (non-hydrogen) atoms. The molecule has 0 unspecified atom stereocenters. The van der Waals surface area contributed by atoms with Crippen LogP contribution in [0.5, 0.6) is 0 Å². The van der Waals surface area contributed by atoms with Crippen LogP contribution < -0.4 is 0 Å². The molecule has 7 heteroatoms. The zero-order chi connectivity index (χ0) is 15.2. The molecule has 0 radical (unpaired) electrons. The van der Waals surface area contributed by atoms with Crippen LogP contribution in [0.1, 0.15) is 55.1 Å². The van der Waals surface area contributed by atoms with Crippen molar-refractivity contribution in [2.24, 2.45) is 0 Å². The fourth-order valence-corrected chi connectivity index (χ4v) is 3.80. The first kappa shape index (κ1) is 14.9. The minimum Gasteiger partial charge on any atom is -0.339 e. The van der Waals surface area contributed by atoms with Gasteiger partial charge in [0.1, 0.15) is 10.6 Å². The highest BCUT2D eigenvalue weighted by molar-refractivity contribution is 8.13. The van der Waals surface area contributed by atoms with Gasteiger partial charge >= 0.3 is 0 Å². The maximum absolute atomic E-state index is 12.7. The van der Waals surface area contributed by atoms with Gasteiger partial charge in [-0.05, 0) is 31.7 Å². The quantitative estimate of drug-likeness (QED) is 0.797. The van der Waals surface area contributed by atoms with E-state index < -0.39 is 9.05 Å². The number of nitrogens with zero attached hydrogens (tertiary/aromatic N) is 2. The Balaban J connectivity index is 1.92. The van der Waals surface area contributed by atoms with Gasteiger partial charge in [-0.2, -0.15) is 0 Å². The molecule has 0 saturated heterocycles. The van der Waals surface area contributed by atoms with Crippen LogP contribution in [0.3, 0.4) is 0 Å². The number of aromatic nitrogens is 1. The highest BCUT2D eigenvalue weighted by Crippen LogP contribution is 2.38.